The molecule has 8 heteroatoms. The van der Waals surface area contributed by atoms with Crippen molar-refractivity contribution in [1.29, 1.82) is 0 Å². The van der Waals surface area contributed by atoms with Gasteiger partial charge in [-0.1, -0.05) is 30.0 Å². The zero-order chi connectivity index (χ0) is 20.2. The quantitative estimate of drug-likeness (QED) is 0.603. The molecule has 0 saturated carbocycles. The van der Waals surface area contributed by atoms with E-state index in [-0.39, 0.29) is 11.2 Å². The molecule has 1 atom stereocenters. The first kappa shape index (κ1) is 19.4. The number of carbonyl (C=O) groups is 1. The number of methoxy groups -OCH3 is 1. The van der Waals surface area contributed by atoms with Gasteiger partial charge >= 0.3 is 0 Å². The third-order valence-corrected chi connectivity index (χ3v) is 6.08. The van der Waals surface area contributed by atoms with Crippen molar-refractivity contribution in [3.63, 3.8) is 0 Å². The van der Waals surface area contributed by atoms with Gasteiger partial charge in [-0.25, -0.2) is 4.68 Å². The number of benzene rings is 2. The molecule has 0 radical (unpaired) electrons. The number of nitrogens with one attached hydrogen (secondary N) is 1. The SMILES string of the molecule is COc1ccc(Cn2nnnc2SC(C)C(=O)Nc2ccc3c(c2)CCC3)cc1. The largest absolute Gasteiger partial charge is 0.497 e. The van der Waals surface area contributed by atoms with Crippen molar-refractivity contribution >= 4 is 23.4 Å². The van der Waals surface area contributed by atoms with Crippen LogP contribution in [0, 0.1) is 0 Å². The predicted octanol–water partition coefficient (Wildman–Crippen LogP) is 3.34. The lowest BCUT2D eigenvalue weighted by molar-refractivity contribution is -0.115. The molecule has 7 nitrogen and oxygen atoms in total. The van der Waals surface area contributed by atoms with Gasteiger partial charge in [-0.05, 0) is 77.6 Å². The first-order chi connectivity index (χ1) is 14.1. The number of aromatic nitrogens is 4. The minimum Gasteiger partial charge on any atom is -0.497 e. The number of hydrogen-bond donors (Lipinski definition) is 1. The number of tetrazole rings is 1. The maximum atomic E-state index is 12.7. The molecule has 0 fully saturated rings. The van der Waals surface area contributed by atoms with Gasteiger partial charge in [0.2, 0.25) is 11.1 Å². The number of ether oxygens (including phenoxy) is 1. The molecule has 1 aliphatic carbocycles. The highest BCUT2D eigenvalue weighted by molar-refractivity contribution is 8.00. The number of hydrogen-bond acceptors (Lipinski definition) is 6. The predicted molar refractivity (Wildman–Crippen MR) is 112 cm³/mol. The topological polar surface area (TPSA) is 81.9 Å². The van der Waals surface area contributed by atoms with Crippen LogP contribution in [0.1, 0.15) is 30.0 Å². The van der Waals surface area contributed by atoms with Crippen molar-refractivity contribution in [3.8, 4) is 5.75 Å². The average Bonchev–Trinajstić information content (AvgIpc) is 3.37. The van der Waals surface area contributed by atoms with Crippen LogP contribution in [-0.4, -0.2) is 38.5 Å². The molecule has 1 aliphatic rings. The van der Waals surface area contributed by atoms with Crippen molar-refractivity contribution < 1.29 is 9.53 Å². The number of carbonyl (C=O) groups excluding carboxylic acids is 1. The number of thioether (sulfide) groups is 1. The van der Waals surface area contributed by atoms with E-state index in [0.717, 1.165) is 29.8 Å². The van der Waals surface area contributed by atoms with Crippen molar-refractivity contribution in [1.82, 2.24) is 20.2 Å². The van der Waals surface area contributed by atoms with Gasteiger partial charge in [0, 0.05) is 5.69 Å². The maximum absolute atomic E-state index is 12.7. The van der Waals surface area contributed by atoms with Gasteiger partial charge in [-0.3, -0.25) is 4.79 Å². The fourth-order valence-corrected chi connectivity index (χ4v) is 4.18. The van der Waals surface area contributed by atoms with E-state index >= 15 is 0 Å². The van der Waals surface area contributed by atoms with Gasteiger partial charge in [0.05, 0.1) is 18.9 Å². The zero-order valence-corrected chi connectivity index (χ0v) is 17.3. The fourth-order valence-electron chi connectivity index (χ4n) is 3.39. The number of fused-ring (bicyclic) bond motifs is 1. The van der Waals surface area contributed by atoms with Crippen LogP contribution in [0.3, 0.4) is 0 Å². The van der Waals surface area contributed by atoms with E-state index in [2.05, 4.69) is 33.0 Å². The van der Waals surface area contributed by atoms with Crippen LogP contribution < -0.4 is 10.1 Å². The molecule has 29 heavy (non-hydrogen) atoms. The second-order valence-corrected chi connectivity index (χ2v) is 8.36. The highest BCUT2D eigenvalue weighted by atomic mass is 32.2. The molecule has 1 N–H and O–H groups in total. The molecular weight excluding hydrogens is 386 g/mol. The fraction of sp³-hybridized carbons (Fsp3) is 0.333. The summed E-state index contributed by atoms with van der Waals surface area (Å²) in [7, 11) is 1.64. The van der Waals surface area contributed by atoms with E-state index in [9.17, 15) is 4.79 Å². The first-order valence-electron chi connectivity index (χ1n) is 9.61. The molecule has 1 unspecified atom stereocenters. The molecule has 2 aromatic carbocycles. The van der Waals surface area contributed by atoms with Crippen molar-refractivity contribution in [2.45, 2.75) is 43.1 Å². The summed E-state index contributed by atoms with van der Waals surface area (Å²) in [6, 6.07) is 13.9. The highest BCUT2D eigenvalue weighted by Crippen LogP contribution is 2.26. The van der Waals surface area contributed by atoms with Crippen LogP contribution in [-0.2, 0) is 24.2 Å². The second kappa shape index (κ2) is 8.65. The Kier molecular flexibility index (Phi) is 5.80. The maximum Gasteiger partial charge on any atom is 0.237 e. The smallest absolute Gasteiger partial charge is 0.237 e. The summed E-state index contributed by atoms with van der Waals surface area (Å²) >= 11 is 1.35. The monoisotopic (exact) mass is 409 g/mol. The Morgan fingerprint density at radius 1 is 1.21 bits per heavy atom. The Labute approximate surface area is 173 Å². The number of anilines is 1. The Bertz CT molecular complexity index is 1000. The molecule has 3 aromatic rings. The van der Waals surface area contributed by atoms with Gasteiger partial charge in [-0.15, -0.1) is 5.10 Å². The van der Waals surface area contributed by atoms with Crippen molar-refractivity contribution in [2.75, 3.05) is 12.4 Å². The number of aryl methyl sites for hydroxylation is 2. The Morgan fingerprint density at radius 3 is 2.79 bits per heavy atom. The van der Waals surface area contributed by atoms with Crippen LogP contribution in [0.2, 0.25) is 0 Å². The van der Waals surface area contributed by atoms with Gasteiger partial charge < -0.3 is 10.1 Å². The van der Waals surface area contributed by atoms with Gasteiger partial charge in [0.1, 0.15) is 5.75 Å². The van der Waals surface area contributed by atoms with E-state index in [1.807, 2.05) is 37.3 Å². The molecule has 0 aliphatic heterocycles. The summed E-state index contributed by atoms with van der Waals surface area (Å²) in [6.07, 6.45) is 3.41. The summed E-state index contributed by atoms with van der Waals surface area (Å²) in [5.74, 6) is 0.740. The van der Waals surface area contributed by atoms with E-state index in [1.165, 1.54) is 29.3 Å². The van der Waals surface area contributed by atoms with Crippen LogP contribution in [0.25, 0.3) is 0 Å². The zero-order valence-electron chi connectivity index (χ0n) is 16.5. The average molecular weight is 410 g/mol. The summed E-state index contributed by atoms with van der Waals surface area (Å²) in [6.45, 7) is 2.39. The molecule has 1 amide bonds. The van der Waals surface area contributed by atoms with Gasteiger partial charge in [0.25, 0.3) is 0 Å². The normalized spacial score (nSPS) is 13.7. The number of nitrogens with zero attached hydrogens (tertiary/aromatic N) is 4. The number of amides is 1. The van der Waals surface area contributed by atoms with Crippen molar-refractivity contribution in [3.05, 3.63) is 59.2 Å². The summed E-state index contributed by atoms with van der Waals surface area (Å²) in [4.78, 5) is 12.7. The molecule has 0 saturated heterocycles. The summed E-state index contributed by atoms with van der Waals surface area (Å²) < 4.78 is 6.88. The highest BCUT2D eigenvalue weighted by Gasteiger charge is 2.20. The van der Waals surface area contributed by atoms with Crippen molar-refractivity contribution in [2.24, 2.45) is 0 Å². The molecule has 0 spiro atoms. The lowest BCUT2D eigenvalue weighted by Gasteiger charge is -2.13. The second-order valence-electron chi connectivity index (χ2n) is 7.05. The van der Waals surface area contributed by atoms with E-state index in [4.69, 9.17) is 4.74 Å². The Balaban J connectivity index is 1.38. The van der Waals surface area contributed by atoms with Crippen LogP contribution in [0.5, 0.6) is 5.75 Å². The van der Waals surface area contributed by atoms with E-state index < -0.39 is 0 Å². The molecule has 150 valence electrons. The van der Waals surface area contributed by atoms with Crippen LogP contribution in [0.15, 0.2) is 47.6 Å². The van der Waals surface area contributed by atoms with Crippen LogP contribution in [0.4, 0.5) is 5.69 Å². The number of rotatable bonds is 7. The lowest BCUT2D eigenvalue weighted by atomic mass is 10.1. The van der Waals surface area contributed by atoms with Crippen LogP contribution >= 0.6 is 11.8 Å². The molecule has 4 rings (SSSR count). The lowest BCUT2D eigenvalue weighted by Crippen LogP contribution is -2.23. The van der Waals surface area contributed by atoms with Gasteiger partial charge in [0.15, 0.2) is 0 Å². The van der Waals surface area contributed by atoms with E-state index in [1.54, 1.807) is 11.8 Å². The van der Waals surface area contributed by atoms with E-state index in [0.29, 0.717) is 11.7 Å². The molecular formula is C21H23N5O2S. The standard InChI is InChI=1S/C21H23N5O2S/c1-14(20(27)22-18-9-8-16-4-3-5-17(16)12-18)29-21-23-24-25-26(21)13-15-6-10-19(28-2)11-7-15/h6-12,14H,3-5,13H2,1-2H3,(H,22,27). The first-order valence-corrected chi connectivity index (χ1v) is 10.5. The third-order valence-electron chi connectivity index (χ3n) is 5.01. The minimum atomic E-state index is -0.330. The molecule has 1 heterocycles. The third kappa shape index (κ3) is 4.59. The molecule has 0 bridgehead atoms. The van der Waals surface area contributed by atoms with Gasteiger partial charge in [-0.2, -0.15) is 0 Å². The Morgan fingerprint density at radius 2 is 2.00 bits per heavy atom. The summed E-state index contributed by atoms with van der Waals surface area (Å²) in [5, 5.41) is 15.2. The minimum absolute atomic E-state index is 0.0630. The summed E-state index contributed by atoms with van der Waals surface area (Å²) in [5.41, 5.74) is 4.63. The Hall–Kier alpha value is -2.87. The molecule has 1 aromatic heterocycles.